The van der Waals surface area contributed by atoms with Gasteiger partial charge in [0.15, 0.2) is 6.19 Å². The highest BCUT2D eigenvalue weighted by molar-refractivity contribution is 5.76. The van der Waals surface area contributed by atoms with Gasteiger partial charge in [0.2, 0.25) is 6.19 Å². The van der Waals surface area contributed by atoms with Crippen LogP contribution in [-0.2, 0) is 4.79 Å². The zero-order chi connectivity index (χ0) is 7.98. The Balaban J connectivity index is 4.00. The summed E-state index contributed by atoms with van der Waals surface area (Å²) in [5.41, 5.74) is 1.91. The van der Waals surface area contributed by atoms with Gasteiger partial charge in [0, 0.05) is 6.42 Å². The monoisotopic (exact) mass is 138 g/mol. The molecule has 0 atom stereocenters. The number of hydrogen-bond acceptors (Lipinski definition) is 4. The minimum absolute atomic E-state index is 0.197. The number of carbonyl (C=O) groups excluding carboxylic acids is 1. The van der Waals surface area contributed by atoms with Crippen molar-refractivity contribution < 1.29 is 4.79 Å². The highest BCUT2D eigenvalue weighted by Gasteiger charge is 2.07. The van der Waals surface area contributed by atoms with Gasteiger partial charge in [-0.1, -0.05) is 6.92 Å². The standard InChI is InChI=1S/C5H6N4O/c1-2-5(10)9(4-7)8-3-6/h8H,2H2,1H3. The van der Waals surface area contributed by atoms with E-state index in [-0.39, 0.29) is 6.42 Å². The summed E-state index contributed by atoms with van der Waals surface area (Å²) in [7, 11) is 0. The number of nitrogens with zero attached hydrogens (tertiary/aromatic N) is 3. The van der Waals surface area contributed by atoms with Crippen LogP contribution in [-0.4, -0.2) is 10.9 Å². The molecule has 0 rings (SSSR count). The topological polar surface area (TPSA) is 79.9 Å². The maximum atomic E-state index is 10.6. The highest BCUT2D eigenvalue weighted by Crippen LogP contribution is 1.84. The minimum Gasteiger partial charge on any atom is -0.272 e. The summed E-state index contributed by atoms with van der Waals surface area (Å²) in [4.78, 5) is 10.6. The summed E-state index contributed by atoms with van der Waals surface area (Å²) < 4.78 is 0. The van der Waals surface area contributed by atoms with Gasteiger partial charge in [-0.05, 0) is 0 Å². The summed E-state index contributed by atoms with van der Waals surface area (Å²) in [6.45, 7) is 1.60. The Hall–Kier alpha value is -1.75. The van der Waals surface area contributed by atoms with Crippen LogP contribution in [0.1, 0.15) is 13.3 Å². The fourth-order valence-corrected chi connectivity index (χ4v) is 0.351. The third kappa shape index (κ3) is 2.01. The van der Waals surface area contributed by atoms with Crippen molar-refractivity contribution in [1.82, 2.24) is 10.4 Å². The number of nitriles is 2. The van der Waals surface area contributed by atoms with Gasteiger partial charge >= 0.3 is 0 Å². The van der Waals surface area contributed by atoms with Crippen LogP contribution in [0.15, 0.2) is 0 Å². The van der Waals surface area contributed by atoms with Gasteiger partial charge in [0.25, 0.3) is 5.91 Å². The second kappa shape index (κ2) is 4.16. The molecule has 0 aliphatic carbocycles. The molecule has 0 aromatic rings. The quantitative estimate of drug-likeness (QED) is 0.322. The minimum atomic E-state index is -0.427. The number of carbonyl (C=O) groups is 1. The second-order valence-electron chi connectivity index (χ2n) is 1.41. The maximum Gasteiger partial charge on any atom is 0.255 e. The van der Waals surface area contributed by atoms with E-state index in [1.807, 2.05) is 5.43 Å². The van der Waals surface area contributed by atoms with Crippen LogP contribution in [0.2, 0.25) is 0 Å². The first kappa shape index (κ1) is 8.25. The van der Waals surface area contributed by atoms with Crippen molar-refractivity contribution in [3.63, 3.8) is 0 Å². The molecule has 0 heterocycles. The molecule has 0 unspecified atom stereocenters. The first-order valence-corrected chi connectivity index (χ1v) is 2.63. The van der Waals surface area contributed by atoms with Crippen LogP contribution in [0.5, 0.6) is 0 Å². The third-order valence-electron chi connectivity index (χ3n) is 0.814. The average Bonchev–Trinajstić information content (AvgIpc) is 1.99. The molecule has 52 valence electrons. The normalized spacial score (nSPS) is 7.10. The number of hydrazine groups is 1. The van der Waals surface area contributed by atoms with Crippen LogP contribution in [0.25, 0.3) is 0 Å². The highest BCUT2D eigenvalue weighted by atomic mass is 16.2. The molecule has 0 saturated carbocycles. The van der Waals surface area contributed by atoms with E-state index in [2.05, 4.69) is 0 Å². The molecule has 5 nitrogen and oxygen atoms in total. The number of nitrogens with one attached hydrogen (secondary N) is 1. The molecule has 0 aliphatic rings. The zero-order valence-corrected chi connectivity index (χ0v) is 5.46. The Morgan fingerprint density at radius 1 is 1.70 bits per heavy atom. The third-order valence-corrected chi connectivity index (χ3v) is 0.814. The van der Waals surface area contributed by atoms with E-state index in [0.717, 1.165) is 0 Å². The van der Waals surface area contributed by atoms with Crippen molar-refractivity contribution in [2.45, 2.75) is 13.3 Å². The lowest BCUT2D eigenvalue weighted by molar-refractivity contribution is -0.129. The van der Waals surface area contributed by atoms with Gasteiger partial charge < -0.3 is 0 Å². The van der Waals surface area contributed by atoms with Crippen molar-refractivity contribution in [2.75, 3.05) is 0 Å². The Morgan fingerprint density at radius 2 is 2.30 bits per heavy atom. The van der Waals surface area contributed by atoms with Gasteiger partial charge in [-0.25, -0.2) is 5.43 Å². The molecular formula is C5H6N4O. The van der Waals surface area contributed by atoms with Gasteiger partial charge in [-0.2, -0.15) is 10.5 Å². The fourth-order valence-electron chi connectivity index (χ4n) is 0.351. The molecule has 0 aliphatic heterocycles. The predicted octanol–water partition coefficient (Wildman–Crippen LogP) is -0.308. The molecular weight excluding hydrogens is 132 g/mol. The lowest BCUT2D eigenvalue weighted by Gasteiger charge is -2.06. The van der Waals surface area contributed by atoms with E-state index in [0.29, 0.717) is 5.01 Å². The van der Waals surface area contributed by atoms with Gasteiger partial charge in [-0.15, -0.1) is 5.01 Å². The average molecular weight is 138 g/mol. The molecule has 0 aromatic heterocycles. The molecule has 5 heteroatoms. The van der Waals surface area contributed by atoms with E-state index in [1.54, 1.807) is 6.92 Å². The predicted molar refractivity (Wildman–Crippen MR) is 31.5 cm³/mol. The molecule has 0 saturated heterocycles. The summed E-state index contributed by atoms with van der Waals surface area (Å²) in [6, 6.07) is 0. The fraction of sp³-hybridized carbons (Fsp3) is 0.400. The second-order valence-corrected chi connectivity index (χ2v) is 1.41. The number of rotatable bonds is 2. The summed E-state index contributed by atoms with van der Waals surface area (Å²) in [5.74, 6) is -0.427. The summed E-state index contributed by atoms with van der Waals surface area (Å²) in [5, 5.41) is 16.8. The van der Waals surface area contributed by atoms with Crippen molar-refractivity contribution >= 4 is 5.91 Å². The summed E-state index contributed by atoms with van der Waals surface area (Å²) >= 11 is 0. The molecule has 1 amide bonds. The molecule has 0 aromatic carbocycles. The van der Waals surface area contributed by atoms with E-state index < -0.39 is 5.91 Å². The maximum absolute atomic E-state index is 10.6. The number of amides is 1. The molecule has 0 radical (unpaired) electrons. The van der Waals surface area contributed by atoms with E-state index in [1.165, 1.54) is 12.4 Å². The van der Waals surface area contributed by atoms with E-state index in [4.69, 9.17) is 10.5 Å². The van der Waals surface area contributed by atoms with Gasteiger partial charge in [-0.3, -0.25) is 4.79 Å². The van der Waals surface area contributed by atoms with Crippen LogP contribution >= 0.6 is 0 Å². The van der Waals surface area contributed by atoms with Gasteiger partial charge in [0.1, 0.15) is 0 Å². The van der Waals surface area contributed by atoms with Crippen LogP contribution < -0.4 is 5.43 Å². The van der Waals surface area contributed by atoms with Crippen LogP contribution in [0.3, 0.4) is 0 Å². The summed E-state index contributed by atoms with van der Waals surface area (Å²) in [6.07, 6.45) is 3.17. The van der Waals surface area contributed by atoms with Crippen molar-refractivity contribution in [3.05, 3.63) is 0 Å². The van der Waals surface area contributed by atoms with E-state index >= 15 is 0 Å². The molecule has 1 N–H and O–H groups in total. The molecule has 10 heavy (non-hydrogen) atoms. The zero-order valence-electron chi connectivity index (χ0n) is 5.46. The SMILES string of the molecule is CCC(=O)N(C#N)NC#N. The number of hydrogen-bond donors (Lipinski definition) is 1. The lowest BCUT2D eigenvalue weighted by Crippen LogP contribution is -2.35. The molecule has 0 fully saturated rings. The Morgan fingerprint density at radius 3 is 2.60 bits per heavy atom. The van der Waals surface area contributed by atoms with Gasteiger partial charge in [0.05, 0.1) is 0 Å². The Bertz CT molecular complexity index is 199. The molecule has 0 bridgehead atoms. The lowest BCUT2D eigenvalue weighted by atomic mass is 10.4. The Kier molecular flexibility index (Phi) is 3.43. The largest absolute Gasteiger partial charge is 0.272 e. The Labute approximate surface area is 58.4 Å². The first-order valence-electron chi connectivity index (χ1n) is 2.63. The van der Waals surface area contributed by atoms with E-state index in [9.17, 15) is 4.79 Å². The smallest absolute Gasteiger partial charge is 0.255 e. The van der Waals surface area contributed by atoms with Crippen molar-refractivity contribution in [3.8, 4) is 12.4 Å². The van der Waals surface area contributed by atoms with Crippen LogP contribution in [0, 0.1) is 22.9 Å². The van der Waals surface area contributed by atoms with Crippen LogP contribution in [0.4, 0.5) is 0 Å². The van der Waals surface area contributed by atoms with Crippen molar-refractivity contribution in [1.29, 1.82) is 10.5 Å². The van der Waals surface area contributed by atoms with Crippen molar-refractivity contribution in [2.24, 2.45) is 0 Å². The first-order chi connectivity index (χ1) is 4.76. The molecule has 0 spiro atoms.